The van der Waals surface area contributed by atoms with E-state index in [4.69, 9.17) is 9.47 Å². The summed E-state index contributed by atoms with van der Waals surface area (Å²) in [7, 11) is 0. The molecule has 0 saturated carbocycles. The summed E-state index contributed by atoms with van der Waals surface area (Å²) in [4.78, 5) is 12.7. The standard InChI is InChI=1S/C18H36O3/c1-10-20-12-11-18(8,9)21-15(19)14(17(5,6)7)13-16(2,3)4/h14H,10-13H2,1-9H3. The fourth-order valence-corrected chi connectivity index (χ4v) is 2.21. The van der Waals surface area contributed by atoms with Crippen LogP contribution in [0.25, 0.3) is 0 Å². The van der Waals surface area contributed by atoms with Crippen molar-refractivity contribution in [3.8, 4) is 0 Å². The molecule has 0 aliphatic carbocycles. The average Bonchev–Trinajstić information content (AvgIpc) is 2.22. The van der Waals surface area contributed by atoms with E-state index in [9.17, 15) is 4.79 Å². The minimum absolute atomic E-state index is 0.0843. The number of rotatable bonds is 7. The smallest absolute Gasteiger partial charge is 0.310 e. The highest BCUT2D eigenvalue weighted by molar-refractivity contribution is 5.73. The van der Waals surface area contributed by atoms with Gasteiger partial charge in [0.1, 0.15) is 5.60 Å². The molecule has 0 radical (unpaired) electrons. The van der Waals surface area contributed by atoms with Crippen molar-refractivity contribution in [2.24, 2.45) is 16.7 Å². The first-order valence-corrected chi connectivity index (χ1v) is 8.09. The van der Waals surface area contributed by atoms with E-state index in [2.05, 4.69) is 41.5 Å². The first-order valence-electron chi connectivity index (χ1n) is 8.09. The summed E-state index contributed by atoms with van der Waals surface area (Å²) < 4.78 is 11.2. The van der Waals surface area contributed by atoms with Crippen molar-refractivity contribution in [2.45, 2.75) is 80.8 Å². The van der Waals surface area contributed by atoms with Crippen LogP contribution in [0.1, 0.15) is 75.2 Å². The monoisotopic (exact) mass is 300 g/mol. The topological polar surface area (TPSA) is 35.5 Å². The maximum absolute atomic E-state index is 12.7. The average molecular weight is 300 g/mol. The minimum atomic E-state index is -0.479. The molecule has 0 spiro atoms. The summed E-state index contributed by atoms with van der Waals surface area (Å²) in [5.74, 6) is -0.178. The Kier molecular flexibility index (Phi) is 7.41. The predicted molar refractivity (Wildman–Crippen MR) is 88.3 cm³/mol. The molecule has 21 heavy (non-hydrogen) atoms. The van der Waals surface area contributed by atoms with Crippen LogP contribution in [-0.4, -0.2) is 24.8 Å². The summed E-state index contributed by atoms with van der Waals surface area (Å²) >= 11 is 0. The molecule has 0 N–H and O–H groups in total. The van der Waals surface area contributed by atoms with E-state index in [0.717, 1.165) is 12.8 Å². The lowest BCUT2D eigenvalue weighted by Gasteiger charge is -2.36. The third-order valence-corrected chi connectivity index (χ3v) is 3.58. The van der Waals surface area contributed by atoms with Crippen LogP contribution in [-0.2, 0) is 14.3 Å². The highest BCUT2D eigenvalue weighted by atomic mass is 16.6. The van der Waals surface area contributed by atoms with Gasteiger partial charge in [-0.2, -0.15) is 0 Å². The Morgan fingerprint density at radius 2 is 1.52 bits per heavy atom. The maximum atomic E-state index is 12.7. The predicted octanol–water partition coefficient (Wildman–Crippen LogP) is 4.83. The van der Waals surface area contributed by atoms with Crippen molar-refractivity contribution >= 4 is 5.97 Å². The van der Waals surface area contributed by atoms with Crippen LogP contribution in [0.4, 0.5) is 0 Å². The molecule has 0 bridgehead atoms. The highest BCUT2D eigenvalue weighted by Gasteiger charge is 2.38. The second-order valence-corrected chi connectivity index (χ2v) is 8.81. The Hall–Kier alpha value is -0.570. The van der Waals surface area contributed by atoms with Gasteiger partial charge in [-0.25, -0.2) is 0 Å². The normalized spacial score (nSPS) is 14.9. The van der Waals surface area contributed by atoms with E-state index in [0.29, 0.717) is 13.2 Å². The molecule has 3 heteroatoms. The fraction of sp³-hybridized carbons (Fsp3) is 0.944. The molecule has 0 aromatic rings. The number of carbonyl (C=O) groups excluding carboxylic acids is 1. The van der Waals surface area contributed by atoms with Gasteiger partial charge in [0.05, 0.1) is 12.5 Å². The molecule has 0 heterocycles. The minimum Gasteiger partial charge on any atom is -0.459 e. The van der Waals surface area contributed by atoms with Crippen molar-refractivity contribution in [1.82, 2.24) is 0 Å². The molecular weight excluding hydrogens is 264 g/mol. The van der Waals surface area contributed by atoms with Gasteiger partial charge in [0.25, 0.3) is 0 Å². The van der Waals surface area contributed by atoms with Crippen LogP contribution < -0.4 is 0 Å². The SMILES string of the molecule is CCOCCC(C)(C)OC(=O)C(CC(C)(C)C)C(C)(C)C. The Labute approximate surface area is 131 Å². The third kappa shape index (κ3) is 9.13. The van der Waals surface area contributed by atoms with Crippen molar-refractivity contribution in [2.75, 3.05) is 13.2 Å². The molecule has 0 aromatic carbocycles. The van der Waals surface area contributed by atoms with Crippen molar-refractivity contribution < 1.29 is 14.3 Å². The fourth-order valence-electron chi connectivity index (χ4n) is 2.21. The molecule has 1 unspecified atom stereocenters. The Morgan fingerprint density at radius 3 is 1.90 bits per heavy atom. The zero-order chi connectivity index (χ0) is 16.9. The maximum Gasteiger partial charge on any atom is 0.310 e. The molecule has 0 aromatic heterocycles. The zero-order valence-corrected chi connectivity index (χ0v) is 15.6. The van der Waals surface area contributed by atoms with Gasteiger partial charge in [0, 0.05) is 13.0 Å². The van der Waals surface area contributed by atoms with Crippen LogP contribution in [0, 0.1) is 16.7 Å². The quantitative estimate of drug-likeness (QED) is 0.499. The van der Waals surface area contributed by atoms with E-state index in [1.165, 1.54) is 0 Å². The van der Waals surface area contributed by atoms with E-state index in [-0.39, 0.29) is 22.7 Å². The van der Waals surface area contributed by atoms with Crippen LogP contribution in [0.5, 0.6) is 0 Å². The highest BCUT2D eigenvalue weighted by Crippen LogP contribution is 2.37. The number of ether oxygens (including phenoxy) is 2. The first-order chi connectivity index (χ1) is 9.28. The van der Waals surface area contributed by atoms with E-state index >= 15 is 0 Å². The molecule has 0 aliphatic heterocycles. The van der Waals surface area contributed by atoms with Gasteiger partial charge in [0.2, 0.25) is 0 Å². The van der Waals surface area contributed by atoms with E-state index in [1.54, 1.807) is 0 Å². The second-order valence-electron chi connectivity index (χ2n) is 8.81. The Balaban J connectivity index is 4.82. The van der Waals surface area contributed by atoms with Crippen LogP contribution in [0.3, 0.4) is 0 Å². The molecular formula is C18H36O3. The van der Waals surface area contributed by atoms with Gasteiger partial charge in [-0.1, -0.05) is 41.5 Å². The molecule has 1 atom stereocenters. The van der Waals surface area contributed by atoms with Gasteiger partial charge < -0.3 is 9.47 Å². The Bertz CT molecular complexity index is 318. The summed E-state index contributed by atoms with van der Waals surface area (Å²) in [5, 5.41) is 0. The first kappa shape index (κ1) is 20.4. The lowest BCUT2D eigenvalue weighted by atomic mass is 9.72. The van der Waals surface area contributed by atoms with Crippen molar-refractivity contribution in [1.29, 1.82) is 0 Å². The Morgan fingerprint density at radius 1 is 1.00 bits per heavy atom. The van der Waals surface area contributed by atoms with E-state index in [1.807, 2.05) is 20.8 Å². The second kappa shape index (κ2) is 7.62. The number of carbonyl (C=O) groups is 1. The van der Waals surface area contributed by atoms with Gasteiger partial charge in [-0.15, -0.1) is 0 Å². The molecule has 126 valence electrons. The van der Waals surface area contributed by atoms with Gasteiger partial charge in [0.15, 0.2) is 0 Å². The van der Waals surface area contributed by atoms with Crippen LogP contribution in [0.2, 0.25) is 0 Å². The number of hydrogen-bond donors (Lipinski definition) is 0. The van der Waals surface area contributed by atoms with Gasteiger partial charge >= 0.3 is 5.97 Å². The largest absolute Gasteiger partial charge is 0.459 e. The lowest BCUT2D eigenvalue weighted by molar-refractivity contribution is -0.168. The summed E-state index contributed by atoms with van der Waals surface area (Å²) in [6.45, 7) is 20.0. The molecule has 0 amide bonds. The van der Waals surface area contributed by atoms with Crippen LogP contribution in [0.15, 0.2) is 0 Å². The molecule has 0 aliphatic rings. The molecule has 3 nitrogen and oxygen atoms in total. The summed E-state index contributed by atoms with van der Waals surface area (Å²) in [6.07, 6.45) is 1.55. The van der Waals surface area contributed by atoms with Crippen molar-refractivity contribution in [3.05, 3.63) is 0 Å². The van der Waals surface area contributed by atoms with Crippen LogP contribution >= 0.6 is 0 Å². The lowest BCUT2D eigenvalue weighted by Crippen LogP contribution is -2.39. The summed E-state index contributed by atoms with van der Waals surface area (Å²) in [5.41, 5.74) is -0.472. The third-order valence-electron chi connectivity index (χ3n) is 3.58. The summed E-state index contributed by atoms with van der Waals surface area (Å²) in [6, 6.07) is 0. The molecule has 0 rings (SSSR count). The van der Waals surface area contributed by atoms with Crippen molar-refractivity contribution in [3.63, 3.8) is 0 Å². The van der Waals surface area contributed by atoms with Gasteiger partial charge in [-0.05, 0) is 38.0 Å². The zero-order valence-electron chi connectivity index (χ0n) is 15.6. The molecule has 0 fully saturated rings. The number of esters is 1. The number of hydrogen-bond acceptors (Lipinski definition) is 3. The van der Waals surface area contributed by atoms with Gasteiger partial charge in [-0.3, -0.25) is 4.79 Å². The molecule has 0 saturated heterocycles. The van der Waals surface area contributed by atoms with E-state index < -0.39 is 5.60 Å².